The molecule has 0 fully saturated rings. The predicted molar refractivity (Wildman–Crippen MR) is 52.0 cm³/mol. The molecule has 0 N–H and O–H groups in total. The zero-order chi connectivity index (χ0) is 8.67. The fraction of sp³-hybridized carbons (Fsp3) is 0. The normalized spacial score (nSPS) is 11.1. The van der Waals surface area contributed by atoms with Gasteiger partial charge in [0.25, 0.3) is 0 Å². The van der Waals surface area contributed by atoms with Gasteiger partial charge in [-0.3, -0.25) is 0 Å². The van der Waals surface area contributed by atoms with Gasteiger partial charge in [0.2, 0.25) is 4.96 Å². The minimum absolute atomic E-state index is 0.836. The van der Waals surface area contributed by atoms with Crippen molar-refractivity contribution in [3.63, 3.8) is 0 Å². The zero-order valence-corrected chi connectivity index (χ0v) is 8.05. The summed E-state index contributed by atoms with van der Waals surface area (Å²) < 4.78 is 1.69. The van der Waals surface area contributed by atoms with E-state index in [2.05, 4.69) is 21.4 Å². The summed E-state index contributed by atoms with van der Waals surface area (Å²) in [7, 11) is 0. The van der Waals surface area contributed by atoms with Gasteiger partial charge < -0.3 is 0 Å². The van der Waals surface area contributed by atoms with Crippen LogP contribution < -0.4 is 0 Å². The van der Waals surface area contributed by atoms with Crippen LogP contribution in [-0.2, 0) is 0 Å². The number of rotatable bonds is 1. The van der Waals surface area contributed by atoms with Crippen molar-refractivity contribution in [3.8, 4) is 9.88 Å². The Morgan fingerprint density at radius 2 is 2.38 bits per heavy atom. The Kier molecular flexibility index (Phi) is 1.44. The number of aromatic nitrogens is 4. The highest BCUT2D eigenvalue weighted by molar-refractivity contribution is 7.23. The monoisotopic (exact) mass is 208 g/mol. The number of hydrogen-bond donors (Lipinski definition) is 0. The van der Waals surface area contributed by atoms with Crippen LogP contribution in [0.25, 0.3) is 14.8 Å². The smallest absolute Gasteiger partial charge is 0.190 e. The van der Waals surface area contributed by atoms with Gasteiger partial charge in [-0.05, 0) is 11.4 Å². The summed E-state index contributed by atoms with van der Waals surface area (Å²) in [4.78, 5) is 2.01. The highest BCUT2D eigenvalue weighted by Gasteiger charge is 2.07. The standard InChI is InChI=1S/C7H4N4S2/c1-2-5(12-3-1)6-10-11-4-8-9-7(11)13-6/h1-4H. The minimum atomic E-state index is 0.836. The first-order valence-corrected chi connectivity index (χ1v) is 5.34. The first kappa shape index (κ1) is 7.16. The van der Waals surface area contributed by atoms with Crippen LogP contribution in [0, 0.1) is 0 Å². The summed E-state index contributed by atoms with van der Waals surface area (Å²) in [5.74, 6) is 0. The molecule has 3 aromatic rings. The fourth-order valence-electron chi connectivity index (χ4n) is 1.06. The second kappa shape index (κ2) is 2.61. The van der Waals surface area contributed by atoms with Crippen LogP contribution in [-0.4, -0.2) is 19.8 Å². The van der Waals surface area contributed by atoms with Crippen LogP contribution in [0.2, 0.25) is 0 Å². The molecule has 3 aromatic heterocycles. The first-order valence-electron chi connectivity index (χ1n) is 3.64. The molecule has 64 valence electrons. The average molecular weight is 208 g/mol. The van der Waals surface area contributed by atoms with Crippen molar-refractivity contribution in [1.29, 1.82) is 0 Å². The van der Waals surface area contributed by atoms with E-state index in [0.29, 0.717) is 0 Å². The van der Waals surface area contributed by atoms with Gasteiger partial charge in [0.05, 0.1) is 4.88 Å². The van der Waals surface area contributed by atoms with Crippen molar-refractivity contribution in [2.24, 2.45) is 0 Å². The average Bonchev–Trinajstić information content (AvgIpc) is 2.78. The summed E-state index contributed by atoms with van der Waals surface area (Å²) in [6, 6.07) is 4.07. The summed E-state index contributed by atoms with van der Waals surface area (Å²) in [5.41, 5.74) is 0. The molecule has 0 aromatic carbocycles. The highest BCUT2D eigenvalue weighted by Crippen LogP contribution is 2.28. The van der Waals surface area contributed by atoms with Gasteiger partial charge in [-0.15, -0.1) is 21.5 Å². The topological polar surface area (TPSA) is 43.1 Å². The Morgan fingerprint density at radius 3 is 3.15 bits per heavy atom. The van der Waals surface area contributed by atoms with Gasteiger partial charge in [0.1, 0.15) is 6.33 Å². The molecule has 0 amide bonds. The number of hydrogen-bond acceptors (Lipinski definition) is 5. The fourth-order valence-corrected chi connectivity index (χ4v) is 2.67. The molecule has 6 heteroatoms. The van der Waals surface area contributed by atoms with E-state index >= 15 is 0 Å². The van der Waals surface area contributed by atoms with Crippen LogP contribution in [0.5, 0.6) is 0 Å². The Balaban J connectivity index is 2.23. The Labute approximate surface area is 81.5 Å². The Morgan fingerprint density at radius 1 is 1.38 bits per heavy atom. The maximum Gasteiger partial charge on any atom is 0.234 e. The number of thiophene rings is 1. The van der Waals surface area contributed by atoms with Gasteiger partial charge in [-0.25, -0.2) is 0 Å². The molecule has 0 saturated carbocycles. The van der Waals surface area contributed by atoms with Gasteiger partial charge in [-0.1, -0.05) is 17.4 Å². The van der Waals surface area contributed by atoms with E-state index in [0.717, 1.165) is 9.97 Å². The van der Waals surface area contributed by atoms with Crippen molar-refractivity contribution in [2.45, 2.75) is 0 Å². The van der Waals surface area contributed by atoms with Crippen LogP contribution >= 0.6 is 22.7 Å². The first-order chi connectivity index (χ1) is 6.43. The van der Waals surface area contributed by atoms with Gasteiger partial charge in [-0.2, -0.15) is 9.61 Å². The van der Waals surface area contributed by atoms with E-state index < -0.39 is 0 Å². The van der Waals surface area contributed by atoms with E-state index in [1.807, 2.05) is 11.4 Å². The van der Waals surface area contributed by atoms with Crippen molar-refractivity contribution < 1.29 is 0 Å². The molecule has 3 heterocycles. The summed E-state index contributed by atoms with van der Waals surface area (Å²) in [6.07, 6.45) is 1.61. The number of nitrogens with zero attached hydrogens (tertiary/aromatic N) is 4. The SMILES string of the molecule is c1csc(-c2nn3cnnc3s2)c1. The third-order valence-electron chi connectivity index (χ3n) is 1.62. The maximum absolute atomic E-state index is 4.34. The van der Waals surface area contributed by atoms with E-state index in [4.69, 9.17) is 0 Å². The molecular formula is C7H4N4S2. The Hall–Kier alpha value is -1.27. The molecule has 0 aliphatic carbocycles. The molecular weight excluding hydrogens is 204 g/mol. The lowest BCUT2D eigenvalue weighted by Gasteiger charge is -1.83. The summed E-state index contributed by atoms with van der Waals surface area (Å²) in [6.45, 7) is 0. The quantitative estimate of drug-likeness (QED) is 0.613. The summed E-state index contributed by atoms with van der Waals surface area (Å²) >= 11 is 3.23. The van der Waals surface area contributed by atoms with Crippen LogP contribution in [0.4, 0.5) is 0 Å². The molecule has 13 heavy (non-hydrogen) atoms. The molecule has 0 radical (unpaired) electrons. The van der Waals surface area contributed by atoms with E-state index in [1.165, 1.54) is 4.88 Å². The number of fused-ring (bicyclic) bond motifs is 1. The van der Waals surface area contributed by atoms with E-state index in [-0.39, 0.29) is 0 Å². The lowest BCUT2D eigenvalue weighted by atomic mass is 10.5. The summed E-state index contributed by atoms with van der Waals surface area (Å²) in [5, 5.41) is 15.0. The second-order valence-electron chi connectivity index (χ2n) is 2.44. The largest absolute Gasteiger partial charge is 0.234 e. The second-order valence-corrected chi connectivity index (χ2v) is 4.35. The predicted octanol–water partition coefficient (Wildman–Crippen LogP) is 1.91. The van der Waals surface area contributed by atoms with Gasteiger partial charge >= 0.3 is 0 Å². The molecule has 4 nitrogen and oxygen atoms in total. The van der Waals surface area contributed by atoms with Crippen LogP contribution in [0.15, 0.2) is 23.8 Å². The zero-order valence-electron chi connectivity index (χ0n) is 6.41. The van der Waals surface area contributed by atoms with Crippen LogP contribution in [0.1, 0.15) is 0 Å². The molecule has 0 bridgehead atoms. The molecule has 0 unspecified atom stereocenters. The highest BCUT2D eigenvalue weighted by atomic mass is 32.1. The minimum Gasteiger partial charge on any atom is -0.190 e. The molecule has 0 spiro atoms. The molecule has 3 rings (SSSR count). The molecule has 0 aliphatic rings. The van der Waals surface area contributed by atoms with Crippen molar-refractivity contribution in [1.82, 2.24) is 19.8 Å². The van der Waals surface area contributed by atoms with Crippen LogP contribution in [0.3, 0.4) is 0 Å². The van der Waals surface area contributed by atoms with Crippen molar-refractivity contribution in [3.05, 3.63) is 23.8 Å². The molecule has 0 aliphatic heterocycles. The van der Waals surface area contributed by atoms with Crippen molar-refractivity contribution in [2.75, 3.05) is 0 Å². The third-order valence-corrected chi connectivity index (χ3v) is 3.57. The van der Waals surface area contributed by atoms with Crippen molar-refractivity contribution >= 4 is 27.6 Å². The lowest BCUT2D eigenvalue weighted by Crippen LogP contribution is -1.79. The molecule has 0 atom stereocenters. The maximum atomic E-state index is 4.34. The third kappa shape index (κ3) is 1.06. The molecule has 0 saturated heterocycles. The lowest BCUT2D eigenvalue weighted by molar-refractivity contribution is 0.961. The van der Waals surface area contributed by atoms with Gasteiger partial charge in [0.15, 0.2) is 5.01 Å². The van der Waals surface area contributed by atoms with E-state index in [9.17, 15) is 0 Å². The van der Waals surface area contributed by atoms with Gasteiger partial charge in [0, 0.05) is 0 Å². The van der Waals surface area contributed by atoms with E-state index in [1.54, 1.807) is 33.5 Å². The Bertz CT molecular complexity index is 493.